The molecule has 0 unspecified atom stereocenters. The highest BCUT2D eigenvalue weighted by atomic mass is 32.1. The van der Waals surface area contributed by atoms with Crippen LogP contribution in [0, 0.1) is 6.92 Å². The van der Waals surface area contributed by atoms with Gasteiger partial charge in [-0.3, -0.25) is 9.59 Å². The molecule has 8 nitrogen and oxygen atoms in total. The van der Waals surface area contributed by atoms with E-state index in [1.807, 2.05) is 48.2 Å². The zero-order valence-corrected chi connectivity index (χ0v) is 24.7. The fraction of sp³-hybridized carbons (Fsp3) is 0.419. The average Bonchev–Trinajstić information content (AvgIpc) is 3.40. The molecule has 2 amide bonds. The predicted octanol–water partition coefficient (Wildman–Crippen LogP) is 4.98. The van der Waals surface area contributed by atoms with Crippen LogP contribution in [0.15, 0.2) is 60.7 Å². The van der Waals surface area contributed by atoms with E-state index < -0.39 is 0 Å². The third-order valence-electron chi connectivity index (χ3n) is 6.32. The summed E-state index contributed by atoms with van der Waals surface area (Å²) >= 11 is 1.67. The number of nitrogens with zero attached hydrogens (tertiary/aromatic N) is 2. The Balaban J connectivity index is 1.72. The molecule has 0 fully saturated rings. The monoisotopic (exact) mass is 568 g/mol. The molecule has 9 heteroatoms. The van der Waals surface area contributed by atoms with Gasteiger partial charge in [0.1, 0.15) is 5.75 Å². The first-order chi connectivity index (χ1) is 19.4. The maximum Gasteiger partial charge on any atom is 0.260 e. The summed E-state index contributed by atoms with van der Waals surface area (Å²) in [6.07, 6.45) is 1.26. The molecule has 0 saturated carbocycles. The number of hydrogen-bond donors (Lipinski definition) is 0. The Morgan fingerprint density at radius 1 is 0.875 bits per heavy atom. The predicted molar refractivity (Wildman–Crippen MR) is 157 cm³/mol. The van der Waals surface area contributed by atoms with E-state index in [1.165, 1.54) is 4.88 Å². The molecule has 0 radical (unpaired) electrons. The van der Waals surface area contributed by atoms with Crippen molar-refractivity contribution in [1.29, 1.82) is 0 Å². The molecule has 1 heterocycles. The van der Waals surface area contributed by atoms with Crippen molar-refractivity contribution in [3.05, 3.63) is 76.0 Å². The topological polar surface area (TPSA) is 77.5 Å². The summed E-state index contributed by atoms with van der Waals surface area (Å²) < 4.78 is 22.0. The van der Waals surface area contributed by atoms with Gasteiger partial charge in [0.25, 0.3) is 5.91 Å². The van der Waals surface area contributed by atoms with Crippen LogP contribution in [0.1, 0.15) is 28.7 Å². The number of amides is 2. The summed E-state index contributed by atoms with van der Waals surface area (Å²) in [6, 6.07) is 19.1. The van der Waals surface area contributed by atoms with Gasteiger partial charge >= 0.3 is 0 Å². The molecule has 1 aromatic heterocycles. The second kappa shape index (κ2) is 16.5. The second-order valence-electron chi connectivity index (χ2n) is 9.23. The zero-order chi connectivity index (χ0) is 28.7. The van der Waals surface area contributed by atoms with Gasteiger partial charge in [0.15, 0.2) is 18.1 Å². The van der Waals surface area contributed by atoms with Crippen LogP contribution in [0.3, 0.4) is 0 Å². The third kappa shape index (κ3) is 9.88. The highest BCUT2D eigenvalue weighted by Gasteiger charge is 2.22. The summed E-state index contributed by atoms with van der Waals surface area (Å²) in [5.74, 6) is 1.57. The minimum Gasteiger partial charge on any atom is -0.493 e. The number of ether oxygens (including phenoxy) is 4. The Morgan fingerprint density at radius 3 is 2.33 bits per heavy atom. The van der Waals surface area contributed by atoms with Gasteiger partial charge < -0.3 is 28.7 Å². The van der Waals surface area contributed by atoms with E-state index in [4.69, 9.17) is 18.9 Å². The second-order valence-corrected chi connectivity index (χ2v) is 10.6. The lowest BCUT2D eigenvalue weighted by atomic mass is 10.1. The van der Waals surface area contributed by atoms with Crippen molar-refractivity contribution in [2.45, 2.75) is 33.2 Å². The smallest absolute Gasteiger partial charge is 0.260 e. The summed E-state index contributed by atoms with van der Waals surface area (Å²) in [6.45, 7) is 6.32. The highest BCUT2D eigenvalue weighted by Crippen LogP contribution is 2.28. The molecule has 216 valence electrons. The summed E-state index contributed by atoms with van der Waals surface area (Å²) in [5, 5.41) is 0. The van der Waals surface area contributed by atoms with Gasteiger partial charge in [-0.2, -0.15) is 0 Å². The fourth-order valence-corrected chi connectivity index (χ4v) is 5.07. The SMILES string of the molecule is CCOCCCN(CC(=O)N(CCc1ccc(OC)c(OC)c1)Cc1ccc(C)s1)C(=O)COc1ccccc1. The molecule has 0 spiro atoms. The molecular formula is C31H40N2O6S. The maximum absolute atomic E-state index is 13.7. The van der Waals surface area contributed by atoms with E-state index in [2.05, 4.69) is 19.1 Å². The summed E-state index contributed by atoms with van der Waals surface area (Å²) in [4.78, 5) is 32.6. The molecule has 0 aliphatic rings. The van der Waals surface area contributed by atoms with Crippen molar-refractivity contribution in [2.24, 2.45) is 0 Å². The standard InChI is InChI=1S/C31H40N2O6S/c1-5-38-19-9-17-32(31(35)23-39-26-10-7-6-8-11-26)22-30(34)33(21-27-14-12-24(2)40-27)18-16-25-13-15-28(36-3)29(20-25)37-4/h6-8,10-15,20H,5,9,16-19,21-23H2,1-4H3. The molecule has 0 N–H and O–H groups in total. The van der Waals surface area contributed by atoms with Crippen LogP contribution >= 0.6 is 11.3 Å². The number of aryl methyl sites for hydroxylation is 1. The van der Waals surface area contributed by atoms with E-state index >= 15 is 0 Å². The number of para-hydroxylation sites is 1. The van der Waals surface area contributed by atoms with Gasteiger partial charge in [0.2, 0.25) is 5.91 Å². The molecule has 0 atom stereocenters. The van der Waals surface area contributed by atoms with Crippen molar-refractivity contribution in [3.8, 4) is 17.2 Å². The van der Waals surface area contributed by atoms with E-state index in [-0.39, 0.29) is 25.0 Å². The number of rotatable bonds is 17. The molecule has 0 aliphatic carbocycles. The van der Waals surface area contributed by atoms with Crippen LogP contribution in [0.25, 0.3) is 0 Å². The van der Waals surface area contributed by atoms with E-state index in [0.29, 0.717) is 62.9 Å². The van der Waals surface area contributed by atoms with Crippen LogP contribution in [0.2, 0.25) is 0 Å². The molecule has 0 aliphatic heterocycles. The quantitative estimate of drug-likeness (QED) is 0.214. The first-order valence-corrected chi connectivity index (χ1v) is 14.3. The Kier molecular flexibility index (Phi) is 12.8. The van der Waals surface area contributed by atoms with Crippen molar-refractivity contribution in [3.63, 3.8) is 0 Å². The van der Waals surface area contributed by atoms with E-state index in [9.17, 15) is 9.59 Å². The first kappa shape index (κ1) is 31.0. The van der Waals surface area contributed by atoms with Gasteiger partial charge in [0, 0.05) is 36.1 Å². The molecule has 2 aromatic carbocycles. The van der Waals surface area contributed by atoms with Crippen molar-refractivity contribution in [2.75, 3.05) is 53.7 Å². The first-order valence-electron chi connectivity index (χ1n) is 13.5. The molecule has 3 aromatic rings. The Morgan fingerprint density at radius 2 is 1.65 bits per heavy atom. The van der Waals surface area contributed by atoms with E-state index in [0.717, 1.165) is 10.4 Å². The van der Waals surface area contributed by atoms with Gasteiger partial charge in [-0.1, -0.05) is 24.3 Å². The molecule has 0 bridgehead atoms. The Hall–Kier alpha value is -3.56. The molecule has 40 heavy (non-hydrogen) atoms. The van der Waals surface area contributed by atoms with Crippen LogP contribution in [0.5, 0.6) is 17.2 Å². The lowest BCUT2D eigenvalue weighted by Crippen LogP contribution is -2.45. The Bertz CT molecular complexity index is 1200. The minimum atomic E-state index is -0.236. The molecular weight excluding hydrogens is 528 g/mol. The maximum atomic E-state index is 13.7. The third-order valence-corrected chi connectivity index (χ3v) is 7.30. The number of carbonyl (C=O) groups is 2. The number of carbonyl (C=O) groups excluding carboxylic acids is 2. The largest absolute Gasteiger partial charge is 0.493 e. The fourth-order valence-electron chi connectivity index (χ4n) is 4.16. The number of thiophene rings is 1. The van der Waals surface area contributed by atoms with Crippen LogP contribution in [-0.2, 0) is 27.3 Å². The zero-order valence-electron chi connectivity index (χ0n) is 23.9. The lowest BCUT2D eigenvalue weighted by molar-refractivity contribution is -0.142. The minimum absolute atomic E-state index is 0.0284. The van der Waals surface area contributed by atoms with Crippen LogP contribution < -0.4 is 14.2 Å². The Labute approximate surface area is 241 Å². The summed E-state index contributed by atoms with van der Waals surface area (Å²) in [5.41, 5.74) is 1.03. The number of methoxy groups -OCH3 is 2. The number of benzene rings is 2. The average molecular weight is 569 g/mol. The van der Waals surface area contributed by atoms with E-state index in [1.54, 1.807) is 42.6 Å². The summed E-state index contributed by atoms with van der Waals surface area (Å²) in [7, 11) is 3.21. The molecule has 3 rings (SSSR count). The number of hydrogen-bond acceptors (Lipinski definition) is 7. The van der Waals surface area contributed by atoms with Crippen molar-refractivity contribution in [1.82, 2.24) is 9.80 Å². The van der Waals surface area contributed by atoms with Gasteiger partial charge in [-0.15, -0.1) is 11.3 Å². The van der Waals surface area contributed by atoms with Crippen LogP contribution in [-0.4, -0.2) is 75.3 Å². The van der Waals surface area contributed by atoms with Crippen molar-refractivity contribution >= 4 is 23.2 Å². The van der Waals surface area contributed by atoms with Gasteiger partial charge in [0.05, 0.1) is 27.3 Å². The molecule has 0 saturated heterocycles. The van der Waals surface area contributed by atoms with Crippen molar-refractivity contribution < 1.29 is 28.5 Å². The lowest BCUT2D eigenvalue weighted by Gasteiger charge is -2.28. The van der Waals surface area contributed by atoms with Gasteiger partial charge in [-0.05, 0) is 68.7 Å². The normalized spacial score (nSPS) is 10.7. The highest BCUT2D eigenvalue weighted by molar-refractivity contribution is 7.11. The van der Waals surface area contributed by atoms with Gasteiger partial charge in [-0.25, -0.2) is 0 Å². The van der Waals surface area contributed by atoms with Crippen LogP contribution in [0.4, 0.5) is 0 Å².